The first-order valence-electron chi connectivity index (χ1n) is 9.41. The summed E-state index contributed by atoms with van der Waals surface area (Å²) < 4.78 is 67.3. The number of nitrogens with zero attached hydrogens (tertiary/aromatic N) is 4. The predicted octanol–water partition coefficient (Wildman–Crippen LogP) is -3.01. The molecular formula is C15H24FN9O5S2. The fourth-order valence-corrected chi connectivity index (χ4v) is 5.97. The molecule has 178 valence electrons. The van der Waals surface area contributed by atoms with Crippen molar-refractivity contribution in [2.24, 2.45) is 16.6 Å². The number of nitrogens with two attached hydrogens (primary N) is 3. The van der Waals surface area contributed by atoms with Crippen LogP contribution in [0.5, 0.6) is 0 Å². The number of piperidine rings is 1. The number of primary sulfonamides is 1. The molecule has 2 aromatic rings. The molecular weight excluding hydrogens is 469 g/mol. The number of aliphatic hydroxyl groups is 1. The summed E-state index contributed by atoms with van der Waals surface area (Å²) in [5, 5.41) is 28.1. The number of aliphatic hydroxyl groups excluding tert-OH is 1. The molecule has 1 aliphatic rings. The van der Waals surface area contributed by atoms with Crippen LogP contribution in [0, 0.1) is 0 Å². The zero-order valence-electron chi connectivity index (χ0n) is 16.7. The Morgan fingerprint density at radius 1 is 1.34 bits per heavy atom. The van der Waals surface area contributed by atoms with E-state index in [-0.39, 0.29) is 43.1 Å². The van der Waals surface area contributed by atoms with Crippen molar-refractivity contribution in [2.45, 2.75) is 34.5 Å². The van der Waals surface area contributed by atoms with E-state index in [0.29, 0.717) is 0 Å². The van der Waals surface area contributed by atoms with Crippen molar-refractivity contribution >= 4 is 25.7 Å². The summed E-state index contributed by atoms with van der Waals surface area (Å²) in [6.07, 6.45) is -2.32. The smallest absolute Gasteiger partial charge is 0.242 e. The number of tetrazole rings is 1. The number of rotatable bonds is 8. The molecule has 14 nitrogen and oxygen atoms in total. The van der Waals surface area contributed by atoms with Crippen molar-refractivity contribution in [1.82, 2.24) is 25.3 Å². The van der Waals surface area contributed by atoms with E-state index >= 15 is 0 Å². The topological polar surface area (TPSA) is 236 Å². The van der Waals surface area contributed by atoms with Gasteiger partial charge in [-0.2, -0.15) is 5.21 Å². The maximum absolute atomic E-state index is 14.3. The van der Waals surface area contributed by atoms with Gasteiger partial charge in [0.05, 0.1) is 18.2 Å². The average Bonchev–Trinajstić information content (AvgIpc) is 3.27. The monoisotopic (exact) mass is 493 g/mol. The molecule has 0 bridgehead atoms. The minimum Gasteiger partial charge on any atom is -0.390 e. The maximum atomic E-state index is 14.3. The molecule has 3 atom stereocenters. The number of aromatic amines is 1. The molecule has 0 spiro atoms. The first-order chi connectivity index (χ1) is 15.0. The number of nitrogens with one attached hydrogen (secondary N) is 2. The second-order valence-electron chi connectivity index (χ2n) is 7.22. The summed E-state index contributed by atoms with van der Waals surface area (Å²) in [5.74, 6) is -0.256. The highest BCUT2D eigenvalue weighted by Crippen LogP contribution is 2.39. The summed E-state index contributed by atoms with van der Waals surface area (Å²) in [6, 6.07) is 1.64. The van der Waals surface area contributed by atoms with Crippen LogP contribution in [-0.2, 0) is 20.0 Å². The van der Waals surface area contributed by atoms with Crippen LogP contribution in [0.1, 0.15) is 6.42 Å². The lowest BCUT2D eigenvalue weighted by Crippen LogP contribution is -2.48. The Labute approximate surface area is 183 Å². The first kappa shape index (κ1) is 24.4. The molecule has 1 fully saturated rings. The van der Waals surface area contributed by atoms with Crippen LogP contribution in [0.2, 0.25) is 0 Å². The molecule has 0 aliphatic carbocycles. The van der Waals surface area contributed by atoms with Crippen LogP contribution in [0.15, 0.2) is 21.9 Å². The second-order valence-corrected chi connectivity index (χ2v) is 10.5. The number of anilines is 1. The van der Waals surface area contributed by atoms with Gasteiger partial charge in [-0.3, -0.25) is 0 Å². The van der Waals surface area contributed by atoms with E-state index < -0.39 is 54.7 Å². The van der Waals surface area contributed by atoms with Gasteiger partial charge >= 0.3 is 0 Å². The lowest BCUT2D eigenvalue weighted by atomic mass is 10.0. The zero-order chi connectivity index (χ0) is 23.7. The van der Waals surface area contributed by atoms with Gasteiger partial charge in [0.2, 0.25) is 25.9 Å². The third-order valence-electron chi connectivity index (χ3n) is 4.96. The highest BCUT2D eigenvalue weighted by atomic mass is 32.2. The number of benzene rings is 1. The number of alkyl halides is 1. The van der Waals surface area contributed by atoms with Crippen molar-refractivity contribution in [1.29, 1.82) is 0 Å². The third-order valence-corrected chi connectivity index (χ3v) is 7.54. The van der Waals surface area contributed by atoms with E-state index in [1.54, 1.807) is 0 Å². The van der Waals surface area contributed by atoms with E-state index in [1.165, 1.54) is 11.0 Å². The van der Waals surface area contributed by atoms with Crippen LogP contribution in [0.25, 0.3) is 11.4 Å². The molecule has 1 saturated heterocycles. The van der Waals surface area contributed by atoms with Gasteiger partial charge in [0, 0.05) is 31.4 Å². The SMILES string of the molecule is NC[C@@H](O)CNS(=O)(=O)c1ccc(N2CC[C@H](N)[C@H](F)C2)c(-c2nn[nH]n2)c1S(N)(=O)=O. The van der Waals surface area contributed by atoms with Crippen LogP contribution >= 0.6 is 0 Å². The quantitative estimate of drug-likeness (QED) is 0.216. The summed E-state index contributed by atoms with van der Waals surface area (Å²) in [4.78, 5) is 0.0193. The van der Waals surface area contributed by atoms with E-state index in [2.05, 4.69) is 25.3 Å². The Hall–Kier alpha value is -2.28. The van der Waals surface area contributed by atoms with Crippen LogP contribution in [0.4, 0.5) is 10.1 Å². The lowest BCUT2D eigenvalue weighted by Gasteiger charge is -2.35. The summed E-state index contributed by atoms with van der Waals surface area (Å²) >= 11 is 0. The van der Waals surface area contributed by atoms with Gasteiger partial charge in [-0.05, 0) is 23.8 Å². The molecule has 9 N–H and O–H groups in total. The average molecular weight is 494 g/mol. The number of hydrogen-bond acceptors (Lipinski definition) is 11. The molecule has 0 amide bonds. The third kappa shape index (κ3) is 5.03. The number of halogens is 1. The first-order valence-corrected chi connectivity index (χ1v) is 12.4. The van der Waals surface area contributed by atoms with E-state index in [0.717, 1.165) is 6.07 Å². The number of hydrogen-bond donors (Lipinski definition) is 6. The number of aromatic nitrogens is 4. The molecule has 17 heteroatoms. The highest BCUT2D eigenvalue weighted by molar-refractivity contribution is 7.92. The van der Waals surface area contributed by atoms with E-state index in [9.17, 15) is 26.3 Å². The molecule has 32 heavy (non-hydrogen) atoms. The van der Waals surface area contributed by atoms with Gasteiger partial charge in [-0.1, -0.05) is 0 Å². The molecule has 1 aromatic heterocycles. The zero-order valence-corrected chi connectivity index (χ0v) is 18.4. The van der Waals surface area contributed by atoms with Crippen molar-refractivity contribution < 1.29 is 26.3 Å². The van der Waals surface area contributed by atoms with Gasteiger partial charge < -0.3 is 21.5 Å². The number of H-pyrrole nitrogens is 1. The molecule has 0 saturated carbocycles. The lowest BCUT2D eigenvalue weighted by molar-refractivity contribution is 0.186. The van der Waals surface area contributed by atoms with E-state index in [1.807, 2.05) is 0 Å². The summed E-state index contributed by atoms with van der Waals surface area (Å²) in [5.41, 5.74) is 10.9. The maximum Gasteiger partial charge on any atom is 0.242 e. The molecule has 1 aliphatic heterocycles. The second kappa shape index (κ2) is 9.30. The molecule has 3 rings (SSSR count). The van der Waals surface area contributed by atoms with Gasteiger partial charge in [0.1, 0.15) is 16.0 Å². The number of sulfonamides is 2. The molecule has 0 radical (unpaired) electrons. The van der Waals surface area contributed by atoms with Crippen molar-refractivity contribution in [2.75, 3.05) is 31.1 Å². The largest absolute Gasteiger partial charge is 0.390 e. The minimum atomic E-state index is -4.68. The summed E-state index contributed by atoms with van der Waals surface area (Å²) in [7, 11) is -9.16. The normalized spacial score (nSPS) is 21.0. The van der Waals surface area contributed by atoms with Crippen molar-refractivity contribution in [3.63, 3.8) is 0 Å². The Bertz CT molecular complexity index is 1160. The Morgan fingerprint density at radius 3 is 2.62 bits per heavy atom. The highest BCUT2D eigenvalue weighted by Gasteiger charge is 2.35. The molecule has 1 aromatic carbocycles. The van der Waals surface area contributed by atoms with Crippen molar-refractivity contribution in [3.8, 4) is 11.4 Å². The standard InChI is InChI=1S/C15H24FN9O5S2/c16-9-7-25(4-3-10(9)18)11-1-2-12(32(29,30)20-6-8(26)5-17)14(31(19,27)28)13(11)15-21-23-24-22-15/h1-2,8-10,20,26H,3-7,17-18H2,(H2,19,27,28)(H,21,22,23,24)/t8-,9-,10+/m1/s1. The minimum absolute atomic E-state index is 0.144. The Kier molecular flexibility index (Phi) is 7.08. The Balaban J connectivity index is 2.23. The predicted molar refractivity (Wildman–Crippen MR) is 111 cm³/mol. The van der Waals surface area contributed by atoms with Gasteiger partial charge in [-0.15, -0.1) is 10.2 Å². The van der Waals surface area contributed by atoms with Gasteiger partial charge in [-0.25, -0.2) is 31.1 Å². The van der Waals surface area contributed by atoms with Gasteiger partial charge in [0.25, 0.3) is 0 Å². The molecule has 0 unspecified atom stereocenters. The van der Waals surface area contributed by atoms with Gasteiger partial charge in [0.15, 0.2) is 0 Å². The fraction of sp³-hybridized carbons (Fsp3) is 0.533. The van der Waals surface area contributed by atoms with Crippen LogP contribution in [-0.4, -0.2) is 87.1 Å². The Morgan fingerprint density at radius 2 is 2.06 bits per heavy atom. The van der Waals surface area contributed by atoms with E-state index in [4.69, 9.17) is 16.6 Å². The molecule has 2 heterocycles. The fourth-order valence-electron chi connectivity index (χ4n) is 3.30. The van der Waals surface area contributed by atoms with Crippen LogP contribution < -0.4 is 26.2 Å². The van der Waals surface area contributed by atoms with Crippen molar-refractivity contribution in [3.05, 3.63) is 12.1 Å². The van der Waals surface area contributed by atoms with Crippen LogP contribution in [0.3, 0.4) is 0 Å². The summed E-state index contributed by atoms with van der Waals surface area (Å²) in [6.45, 7) is -0.582.